The van der Waals surface area contributed by atoms with Crippen LogP contribution in [0.1, 0.15) is 12.0 Å². The molecule has 0 bridgehead atoms. The summed E-state index contributed by atoms with van der Waals surface area (Å²) in [6.07, 6.45) is 1.27. The van der Waals surface area contributed by atoms with Crippen molar-refractivity contribution in [3.8, 4) is 0 Å². The molecule has 0 aliphatic rings. The van der Waals surface area contributed by atoms with Crippen LogP contribution >= 0.6 is 0 Å². The summed E-state index contributed by atoms with van der Waals surface area (Å²) in [4.78, 5) is 14.3. The minimum absolute atomic E-state index is 0.285. The molecule has 6 nitrogen and oxygen atoms in total. The first-order chi connectivity index (χ1) is 9.27. The molecule has 0 spiro atoms. The minimum Gasteiger partial charge on any atom is -0.468 e. The standard InChI is InChI=1S/C13H18N4O2/c1-19-13(18)12(15-8-5-9-16-17-14)10-11-6-3-2-4-7-11/h2-4,6-7,12,15H,5,8-10H2,1H3. The number of azide groups is 1. The quantitative estimate of drug-likeness (QED) is 0.256. The second kappa shape index (κ2) is 8.97. The highest BCUT2D eigenvalue weighted by atomic mass is 16.5. The van der Waals surface area contributed by atoms with Crippen LogP contribution in [0.3, 0.4) is 0 Å². The predicted octanol–water partition coefficient (Wildman–Crippen LogP) is 2.06. The summed E-state index contributed by atoms with van der Waals surface area (Å²) in [5, 5.41) is 6.56. The van der Waals surface area contributed by atoms with Crippen LogP contribution in [0.2, 0.25) is 0 Å². The first-order valence-electron chi connectivity index (χ1n) is 6.14. The van der Waals surface area contributed by atoms with Gasteiger partial charge in [0.25, 0.3) is 0 Å². The van der Waals surface area contributed by atoms with Gasteiger partial charge in [0.15, 0.2) is 0 Å². The molecule has 0 radical (unpaired) electrons. The van der Waals surface area contributed by atoms with Crippen molar-refractivity contribution >= 4 is 5.97 Å². The van der Waals surface area contributed by atoms with Gasteiger partial charge in [-0.3, -0.25) is 4.79 Å². The van der Waals surface area contributed by atoms with Gasteiger partial charge in [-0.2, -0.15) is 0 Å². The number of carbonyl (C=O) groups excluding carboxylic acids is 1. The number of hydrogen-bond acceptors (Lipinski definition) is 4. The zero-order valence-electron chi connectivity index (χ0n) is 11.0. The lowest BCUT2D eigenvalue weighted by molar-refractivity contribution is -0.143. The van der Waals surface area contributed by atoms with E-state index in [-0.39, 0.29) is 12.0 Å². The molecule has 6 heteroatoms. The highest BCUT2D eigenvalue weighted by Gasteiger charge is 2.18. The zero-order chi connectivity index (χ0) is 13.9. The summed E-state index contributed by atoms with van der Waals surface area (Å²) in [7, 11) is 1.38. The van der Waals surface area contributed by atoms with E-state index in [0.717, 1.165) is 5.56 Å². The third-order valence-corrected chi connectivity index (χ3v) is 2.66. The molecule has 0 saturated carbocycles. The van der Waals surface area contributed by atoms with E-state index < -0.39 is 0 Å². The van der Waals surface area contributed by atoms with Crippen LogP contribution in [0.4, 0.5) is 0 Å². The fraction of sp³-hybridized carbons (Fsp3) is 0.462. The molecule has 1 atom stereocenters. The summed E-state index contributed by atoms with van der Waals surface area (Å²) >= 11 is 0. The van der Waals surface area contributed by atoms with Crippen LogP contribution in [-0.2, 0) is 16.0 Å². The van der Waals surface area contributed by atoms with Crippen molar-refractivity contribution in [2.45, 2.75) is 18.9 Å². The lowest BCUT2D eigenvalue weighted by atomic mass is 10.1. The van der Waals surface area contributed by atoms with Crippen LogP contribution in [0.25, 0.3) is 10.4 Å². The number of ether oxygens (including phenoxy) is 1. The average molecular weight is 262 g/mol. The number of esters is 1. The lowest BCUT2D eigenvalue weighted by Crippen LogP contribution is -2.40. The Morgan fingerprint density at radius 2 is 2.21 bits per heavy atom. The van der Waals surface area contributed by atoms with Gasteiger partial charge in [0.1, 0.15) is 6.04 Å². The normalized spacial score (nSPS) is 11.4. The molecular weight excluding hydrogens is 244 g/mol. The smallest absolute Gasteiger partial charge is 0.323 e. The Kier molecular flexibility index (Phi) is 7.09. The van der Waals surface area contributed by atoms with Gasteiger partial charge in [0, 0.05) is 11.5 Å². The van der Waals surface area contributed by atoms with Gasteiger partial charge in [0.05, 0.1) is 7.11 Å². The van der Waals surface area contributed by atoms with E-state index in [1.165, 1.54) is 7.11 Å². The number of carbonyl (C=O) groups is 1. The number of rotatable bonds is 8. The van der Waals surface area contributed by atoms with E-state index in [2.05, 4.69) is 15.3 Å². The van der Waals surface area contributed by atoms with Crippen LogP contribution in [0.5, 0.6) is 0 Å². The lowest BCUT2D eigenvalue weighted by Gasteiger charge is -2.16. The number of nitrogens with one attached hydrogen (secondary N) is 1. The molecule has 0 saturated heterocycles. The Morgan fingerprint density at radius 1 is 1.47 bits per heavy atom. The van der Waals surface area contributed by atoms with E-state index in [4.69, 9.17) is 10.3 Å². The Labute approximate surface area is 112 Å². The molecule has 19 heavy (non-hydrogen) atoms. The Bertz CT molecular complexity index is 430. The summed E-state index contributed by atoms with van der Waals surface area (Å²) < 4.78 is 4.78. The molecule has 1 unspecified atom stereocenters. The highest BCUT2D eigenvalue weighted by Crippen LogP contribution is 2.04. The van der Waals surface area contributed by atoms with Crippen molar-refractivity contribution in [3.63, 3.8) is 0 Å². The number of methoxy groups -OCH3 is 1. The Hall–Kier alpha value is -2.04. The molecule has 0 aromatic heterocycles. The second-order valence-electron chi connectivity index (χ2n) is 4.03. The van der Waals surface area contributed by atoms with E-state index in [9.17, 15) is 4.79 Å². The van der Waals surface area contributed by atoms with Crippen molar-refractivity contribution in [1.82, 2.24) is 5.32 Å². The average Bonchev–Trinajstić information content (AvgIpc) is 2.46. The van der Waals surface area contributed by atoms with Crippen LogP contribution in [0, 0.1) is 0 Å². The van der Waals surface area contributed by atoms with E-state index in [1.54, 1.807) is 0 Å². The van der Waals surface area contributed by atoms with Gasteiger partial charge in [-0.25, -0.2) is 0 Å². The molecule has 1 aromatic carbocycles. The van der Waals surface area contributed by atoms with Crippen LogP contribution in [-0.4, -0.2) is 32.2 Å². The summed E-state index contributed by atoms with van der Waals surface area (Å²) in [5.41, 5.74) is 9.23. The number of nitrogens with zero attached hydrogens (tertiary/aromatic N) is 3. The van der Waals surface area contributed by atoms with Gasteiger partial charge < -0.3 is 10.1 Å². The fourth-order valence-electron chi connectivity index (χ4n) is 1.70. The molecule has 1 rings (SSSR count). The minimum atomic E-state index is -0.376. The Morgan fingerprint density at radius 3 is 2.84 bits per heavy atom. The van der Waals surface area contributed by atoms with Gasteiger partial charge in [-0.15, -0.1) is 0 Å². The third kappa shape index (κ3) is 5.90. The van der Waals surface area contributed by atoms with Crippen molar-refractivity contribution in [2.75, 3.05) is 20.2 Å². The van der Waals surface area contributed by atoms with Crippen molar-refractivity contribution in [3.05, 3.63) is 46.3 Å². The molecule has 0 heterocycles. The SMILES string of the molecule is COC(=O)C(Cc1ccccc1)NCCCN=[N+]=[N-]. The second-order valence-corrected chi connectivity index (χ2v) is 4.03. The molecule has 1 N–H and O–H groups in total. The molecule has 102 valence electrons. The van der Waals surface area contributed by atoms with Gasteiger partial charge in [-0.05, 0) is 30.5 Å². The molecule has 0 amide bonds. The van der Waals surface area contributed by atoms with Gasteiger partial charge >= 0.3 is 5.97 Å². The van der Waals surface area contributed by atoms with Gasteiger partial charge in [-0.1, -0.05) is 35.4 Å². The first kappa shape index (κ1) is 15.0. The van der Waals surface area contributed by atoms with Crippen molar-refractivity contribution in [1.29, 1.82) is 0 Å². The summed E-state index contributed by atoms with van der Waals surface area (Å²) in [6, 6.07) is 9.37. The molecule has 1 aromatic rings. The van der Waals surface area contributed by atoms with Crippen molar-refractivity contribution in [2.24, 2.45) is 5.11 Å². The summed E-state index contributed by atoms with van der Waals surface area (Å²) in [5.74, 6) is -0.285. The third-order valence-electron chi connectivity index (χ3n) is 2.66. The maximum atomic E-state index is 11.7. The molecule has 0 aliphatic heterocycles. The predicted molar refractivity (Wildman–Crippen MR) is 72.6 cm³/mol. The molecule has 0 aliphatic carbocycles. The monoisotopic (exact) mass is 262 g/mol. The van der Waals surface area contributed by atoms with E-state index in [0.29, 0.717) is 25.9 Å². The topological polar surface area (TPSA) is 87.1 Å². The van der Waals surface area contributed by atoms with Crippen LogP contribution in [0.15, 0.2) is 35.4 Å². The number of hydrogen-bond donors (Lipinski definition) is 1. The van der Waals surface area contributed by atoms with Crippen LogP contribution < -0.4 is 5.32 Å². The van der Waals surface area contributed by atoms with Gasteiger partial charge in [0.2, 0.25) is 0 Å². The first-order valence-corrected chi connectivity index (χ1v) is 6.14. The van der Waals surface area contributed by atoms with E-state index >= 15 is 0 Å². The summed E-state index contributed by atoms with van der Waals surface area (Å²) in [6.45, 7) is 1.02. The zero-order valence-corrected chi connectivity index (χ0v) is 11.0. The maximum Gasteiger partial charge on any atom is 0.323 e. The highest BCUT2D eigenvalue weighted by molar-refractivity contribution is 5.76. The number of benzene rings is 1. The molecule has 0 fully saturated rings. The fourth-order valence-corrected chi connectivity index (χ4v) is 1.70. The maximum absolute atomic E-state index is 11.7. The van der Waals surface area contributed by atoms with Crippen molar-refractivity contribution < 1.29 is 9.53 Å². The molecular formula is C13H18N4O2. The largest absolute Gasteiger partial charge is 0.468 e. The Balaban J connectivity index is 2.48. The van der Waals surface area contributed by atoms with E-state index in [1.807, 2.05) is 30.3 Å².